The summed E-state index contributed by atoms with van der Waals surface area (Å²) in [6.07, 6.45) is 9.63. The number of nitrogens with one attached hydrogen (secondary N) is 2. The monoisotopic (exact) mass is 485 g/mol. The Labute approximate surface area is 181 Å². The third-order valence-electron chi connectivity index (χ3n) is 5.98. The van der Waals surface area contributed by atoms with Gasteiger partial charge < -0.3 is 15.5 Å². The number of anilines is 1. The summed E-state index contributed by atoms with van der Waals surface area (Å²) in [5.41, 5.74) is 1.26. The molecule has 1 aromatic rings. The molecule has 2 heterocycles. The van der Waals surface area contributed by atoms with Crippen LogP contribution in [0.15, 0.2) is 23.3 Å². The van der Waals surface area contributed by atoms with Crippen LogP contribution < -0.4 is 15.5 Å². The highest BCUT2D eigenvalue weighted by Crippen LogP contribution is 2.29. The minimum absolute atomic E-state index is 0. The zero-order valence-electron chi connectivity index (χ0n) is 17.1. The van der Waals surface area contributed by atoms with Gasteiger partial charge in [0.25, 0.3) is 0 Å². The third-order valence-corrected chi connectivity index (χ3v) is 5.98. The Hall–Kier alpha value is -1.05. The van der Waals surface area contributed by atoms with Crippen molar-refractivity contribution in [2.45, 2.75) is 65.0 Å². The van der Waals surface area contributed by atoms with Crippen molar-refractivity contribution in [3.8, 4) is 0 Å². The molecule has 1 aliphatic heterocycles. The molecular weight excluding hydrogens is 449 g/mol. The lowest BCUT2D eigenvalue weighted by atomic mass is 9.80. The minimum Gasteiger partial charge on any atom is -0.357 e. The highest BCUT2D eigenvalue weighted by Gasteiger charge is 2.23. The molecule has 6 heteroatoms. The molecule has 0 radical (unpaired) electrons. The van der Waals surface area contributed by atoms with Crippen molar-refractivity contribution in [2.75, 3.05) is 25.0 Å². The van der Waals surface area contributed by atoms with Crippen molar-refractivity contribution in [1.82, 2.24) is 15.6 Å². The minimum atomic E-state index is 0. The SMILES string of the molecule is CN=C(NCc1ccnc(N2CCCC2)c1)NC1CCC(C(C)C)CC1.I. The van der Waals surface area contributed by atoms with Gasteiger partial charge in [-0.15, -0.1) is 24.0 Å². The number of pyridine rings is 1. The van der Waals surface area contributed by atoms with Crippen molar-refractivity contribution in [2.24, 2.45) is 16.8 Å². The van der Waals surface area contributed by atoms with Crippen molar-refractivity contribution in [3.05, 3.63) is 23.9 Å². The maximum atomic E-state index is 4.54. The van der Waals surface area contributed by atoms with E-state index in [2.05, 4.69) is 51.5 Å². The van der Waals surface area contributed by atoms with E-state index in [0.717, 1.165) is 43.2 Å². The number of nitrogens with zero attached hydrogens (tertiary/aromatic N) is 3. The summed E-state index contributed by atoms with van der Waals surface area (Å²) in [5, 5.41) is 7.10. The Balaban J connectivity index is 0.00000261. The lowest BCUT2D eigenvalue weighted by molar-refractivity contribution is 0.250. The molecule has 152 valence electrons. The van der Waals surface area contributed by atoms with E-state index in [9.17, 15) is 0 Å². The molecule has 2 aliphatic rings. The molecule has 27 heavy (non-hydrogen) atoms. The van der Waals surface area contributed by atoms with E-state index in [1.54, 1.807) is 0 Å². The van der Waals surface area contributed by atoms with E-state index in [1.165, 1.54) is 44.1 Å². The Morgan fingerprint density at radius 1 is 1.22 bits per heavy atom. The van der Waals surface area contributed by atoms with Crippen LogP contribution >= 0.6 is 24.0 Å². The van der Waals surface area contributed by atoms with Crippen LogP contribution in [0.25, 0.3) is 0 Å². The third kappa shape index (κ3) is 6.50. The number of hydrogen-bond donors (Lipinski definition) is 2. The van der Waals surface area contributed by atoms with Gasteiger partial charge >= 0.3 is 0 Å². The van der Waals surface area contributed by atoms with Gasteiger partial charge in [-0.2, -0.15) is 0 Å². The number of hydrogen-bond acceptors (Lipinski definition) is 3. The Morgan fingerprint density at radius 2 is 1.93 bits per heavy atom. The van der Waals surface area contributed by atoms with E-state index in [0.29, 0.717) is 6.04 Å². The predicted molar refractivity (Wildman–Crippen MR) is 125 cm³/mol. The van der Waals surface area contributed by atoms with Gasteiger partial charge in [0, 0.05) is 38.9 Å². The van der Waals surface area contributed by atoms with Gasteiger partial charge in [0.05, 0.1) is 0 Å². The molecule has 2 fully saturated rings. The second-order valence-corrected chi connectivity index (χ2v) is 8.14. The molecule has 1 saturated carbocycles. The maximum Gasteiger partial charge on any atom is 0.191 e. The van der Waals surface area contributed by atoms with Gasteiger partial charge in [0.1, 0.15) is 5.82 Å². The second-order valence-electron chi connectivity index (χ2n) is 8.14. The molecule has 0 atom stereocenters. The molecule has 2 N–H and O–H groups in total. The lowest BCUT2D eigenvalue weighted by Gasteiger charge is -2.32. The Bertz CT molecular complexity index is 590. The van der Waals surface area contributed by atoms with Crippen molar-refractivity contribution >= 4 is 35.8 Å². The van der Waals surface area contributed by atoms with Crippen LogP contribution in [0.3, 0.4) is 0 Å². The highest BCUT2D eigenvalue weighted by atomic mass is 127. The molecule has 0 bridgehead atoms. The lowest BCUT2D eigenvalue weighted by Crippen LogP contribution is -2.44. The van der Waals surface area contributed by atoms with Crippen molar-refractivity contribution in [3.63, 3.8) is 0 Å². The summed E-state index contributed by atoms with van der Waals surface area (Å²) in [4.78, 5) is 11.3. The van der Waals surface area contributed by atoms with Crippen LogP contribution in [0.1, 0.15) is 57.9 Å². The standard InChI is InChI=1S/C21H35N5.HI/c1-16(2)18-6-8-19(9-7-18)25-21(22-3)24-15-17-10-11-23-20(14-17)26-12-4-5-13-26;/h10-11,14,16,18-19H,4-9,12-13,15H2,1-3H3,(H2,22,24,25);1H. The number of aliphatic imine (C=N–C) groups is 1. The van der Waals surface area contributed by atoms with Gasteiger partial charge in [-0.05, 0) is 68.1 Å². The zero-order valence-corrected chi connectivity index (χ0v) is 19.4. The van der Waals surface area contributed by atoms with Crippen LogP contribution in [0.2, 0.25) is 0 Å². The molecule has 1 aromatic heterocycles. The predicted octanol–water partition coefficient (Wildman–Crippen LogP) is 4.18. The van der Waals surface area contributed by atoms with E-state index in [-0.39, 0.29) is 24.0 Å². The summed E-state index contributed by atoms with van der Waals surface area (Å²) in [6, 6.07) is 4.85. The van der Waals surface area contributed by atoms with Crippen molar-refractivity contribution in [1.29, 1.82) is 0 Å². The Morgan fingerprint density at radius 3 is 2.56 bits per heavy atom. The van der Waals surface area contributed by atoms with Crippen LogP contribution in [-0.2, 0) is 6.54 Å². The maximum absolute atomic E-state index is 4.54. The fraction of sp³-hybridized carbons (Fsp3) is 0.714. The molecule has 3 rings (SSSR count). The number of halogens is 1. The van der Waals surface area contributed by atoms with E-state index in [1.807, 2.05) is 13.2 Å². The number of rotatable bonds is 5. The summed E-state index contributed by atoms with van der Waals surface area (Å²) in [5.74, 6) is 3.73. The first kappa shape index (κ1) is 22.2. The molecule has 0 spiro atoms. The van der Waals surface area contributed by atoms with Gasteiger partial charge in [0.2, 0.25) is 0 Å². The quantitative estimate of drug-likeness (QED) is 0.373. The van der Waals surface area contributed by atoms with Gasteiger partial charge in [-0.1, -0.05) is 13.8 Å². The second kappa shape index (κ2) is 11.1. The first-order chi connectivity index (χ1) is 12.7. The van der Waals surface area contributed by atoms with Gasteiger partial charge in [-0.3, -0.25) is 4.99 Å². The molecular formula is C21H36IN5. The van der Waals surface area contributed by atoms with E-state index in [4.69, 9.17) is 0 Å². The topological polar surface area (TPSA) is 52.6 Å². The average molecular weight is 485 g/mol. The average Bonchev–Trinajstić information content (AvgIpc) is 3.20. The molecule has 0 amide bonds. The van der Waals surface area contributed by atoms with Crippen LogP contribution in [-0.4, -0.2) is 37.1 Å². The van der Waals surface area contributed by atoms with Crippen LogP contribution in [0.5, 0.6) is 0 Å². The Kier molecular flexibility index (Phi) is 9.12. The number of guanidine groups is 1. The first-order valence-corrected chi connectivity index (χ1v) is 10.3. The zero-order chi connectivity index (χ0) is 18.4. The fourth-order valence-corrected chi connectivity index (χ4v) is 4.19. The normalized spacial score (nSPS) is 23.3. The number of aromatic nitrogens is 1. The summed E-state index contributed by atoms with van der Waals surface area (Å²) in [6.45, 7) is 7.75. The summed E-state index contributed by atoms with van der Waals surface area (Å²) >= 11 is 0. The van der Waals surface area contributed by atoms with Crippen molar-refractivity contribution < 1.29 is 0 Å². The van der Waals surface area contributed by atoms with E-state index < -0.39 is 0 Å². The van der Waals surface area contributed by atoms with E-state index >= 15 is 0 Å². The molecule has 0 unspecified atom stereocenters. The smallest absolute Gasteiger partial charge is 0.191 e. The van der Waals surface area contributed by atoms with Crippen LogP contribution in [0, 0.1) is 11.8 Å². The summed E-state index contributed by atoms with van der Waals surface area (Å²) in [7, 11) is 1.86. The van der Waals surface area contributed by atoms with Crippen LogP contribution in [0.4, 0.5) is 5.82 Å². The molecule has 1 saturated heterocycles. The first-order valence-electron chi connectivity index (χ1n) is 10.3. The molecule has 0 aromatic carbocycles. The highest BCUT2D eigenvalue weighted by molar-refractivity contribution is 14.0. The fourth-order valence-electron chi connectivity index (χ4n) is 4.19. The largest absolute Gasteiger partial charge is 0.357 e. The molecule has 1 aliphatic carbocycles. The van der Waals surface area contributed by atoms with Gasteiger partial charge in [-0.25, -0.2) is 4.98 Å². The van der Waals surface area contributed by atoms with Gasteiger partial charge in [0.15, 0.2) is 5.96 Å². The molecule has 5 nitrogen and oxygen atoms in total. The summed E-state index contributed by atoms with van der Waals surface area (Å²) < 4.78 is 0.